The zero-order valence-corrected chi connectivity index (χ0v) is 48.4. The lowest BCUT2D eigenvalue weighted by molar-refractivity contribution is -0.143. The fourth-order valence-electron chi connectivity index (χ4n) is 9.96. The maximum atomic E-state index is 12.5. The Morgan fingerprint density at radius 1 is 0.389 bits per heavy atom. The molecule has 0 fully saturated rings. The first-order chi connectivity index (χ1) is 35.5. The average molecular weight is 1010 g/mol. The van der Waals surface area contributed by atoms with Crippen LogP contribution >= 0.6 is 0 Å². The summed E-state index contributed by atoms with van der Waals surface area (Å²) in [6.45, 7) is 4.94. The van der Waals surface area contributed by atoms with E-state index in [9.17, 15) is 19.8 Å². The molecule has 0 aromatic rings. The number of ether oxygens (including phenoxy) is 1. The predicted molar refractivity (Wildman–Crippen MR) is 315 cm³/mol. The van der Waals surface area contributed by atoms with Crippen molar-refractivity contribution in [2.45, 2.75) is 360 Å². The first-order valence-electron chi connectivity index (χ1n) is 32.2. The minimum atomic E-state index is -0.667. The summed E-state index contributed by atoms with van der Waals surface area (Å²) in [4.78, 5) is 24.6. The molecule has 2 unspecified atom stereocenters. The van der Waals surface area contributed by atoms with E-state index >= 15 is 0 Å². The summed E-state index contributed by atoms with van der Waals surface area (Å²) in [5, 5.41) is 23.3. The van der Waals surface area contributed by atoms with Crippen molar-refractivity contribution < 1.29 is 24.5 Å². The second kappa shape index (κ2) is 61.6. The number of hydrogen-bond acceptors (Lipinski definition) is 5. The average Bonchev–Trinajstić information content (AvgIpc) is 3.38. The molecule has 0 rings (SSSR count). The van der Waals surface area contributed by atoms with E-state index in [2.05, 4.69) is 55.6 Å². The third kappa shape index (κ3) is 57.4. The van der Waals surface area contributed by atoms with Gasteiger partial charge in [0.1, 0.15) is 0 Å². The Hall–Kier alpha value is -1.92. The highest BCUT2D eigenvalue weighted by molar-refractivity contribution is 5.76. The van der Waals surface area contributed by atoms with Gasteiger partial charge in [0.25, 0.3) is 0 Å². The second-order valence-electron chi connectivity index (χ2n) is 22.1. The maximum Gasteiger partial charge on any atom is 0.305 e. The van der Waals surface area contributed by atoms with Crippen molar-refractivity contribution in [1.82, 2.24) is 5.32 Å². The topological polar surface area (TPSA) is 95.9 Å². The van der Waals surface area contributed by atoms with Crippen molar-refractivity contribution in [1.29, 1.82) is 0 Å². The van der Waals surface area contributed by atoms with Crippen LogP contribution in [0.15, 0.2) is 36.5 Å². The summed E-state index contributed by atoms with van der Waals surface area (Å²) in [6.07, 6.45) is 77.3. The van der Waals surface area contributed by atoms with Gasteiger partial charge in [0, 0.05) is 12.8 Å². The van der Waals surface area contributed by atoms with Crippen molar-refractivity contribution in [3.05, 3.63) is 36.5 Å². The standard InChI is InChI=1S/C66H125NO5/c1-3-5-7-9-11-13-15-17-19-31-34-38-42-46-50-54-58-64(69)63(62-68)67-65(70)59-55-51-47-43-39-35-32-28-26-24-22-20-21-23-25-27-29-33-37-41-45-49-53-57-61-72-66(71)60-56-52-48-44-40-36-30-18-16-14-12-10-8-6-4-2/h12,14,18,22,24,30,63-64,68-69H,3-11,13,15-17,19-21,23,25-29,31-62H2,1-2H3,(H,67,70)/b14-12-,24-22-,30-18-. The number of amides is 1. The third-order valence-electron chi connectivity index (χ3n) is 14.9. The van der Waals surface area contributed by atoms with Gasteiger partial charge in [-0.3, -0.25) is 9.59 Å². The van der Waals surface area contributed by atoms with Gasteiger partial charge in [-0.05, 0) is 83.5 Å². The molecule has 424 valence electrons. The van der Waals surface area contributed by atoms with E-state index < -0.39 is 12.1 Å². The molecule has 0 aliphatic heterocycles. The van der Waals surface area contributed by atoms with Gasteiger partial charge in [-0.1, -0.05) is 288 Å². The number of allylic oxidation sites excluding steroid dienone is 6. The van der Waals surface area contributed by atoms with E-state index in [0.717, 1.165) is 51.4 Å². The van der Waals surface area contributed by atoms with E-state index in [-0.39, 0.29) is 18.5 Å². The van der Waals surface area contributed by atoms with Crippen LogP contribution in [0.2, 0.25) is 0 Å². The number of unbranched alkanes of at least 4 members (excludes halogenated alkanes) is 43. The minimum absolute atomic E-state index is 0.00131. The Kier molecular flexibility index (Phi) is 60.0. The van der Waals surface area contributed by atoms with E-state index in [1.165, 1.54) is 263 Å². The quantitative estimate of drug-likeness (QED) is 0.0320. The summed E-state index contributed by atoms with van der Waals surface area (Å²) in [7, 11) is 0. The van der Waals surface area contributed by atoms with Crippen molar-refractivity contribution in [3.63, 3.8) is 0 Å². The van der Waals surface area contributed by atoms with Crippen LogP contribution in [0.3, 0.4) is 0 Å². The molecule has 0 aliphatic rings. The van der Waals surface area contributed by atoms with E-state index in [0.29, 0.717) is 25.9 Å². The van der Waals surface area contributed by atoms with Crippen molar-refractivity contribution in [2.24, 2.45) is 0 Å². The zero-order valence-electron chi connectivity index (χ0n) is 48.4. The molecule has 0 saturated carbocycles. The second-order valence-corrected chi connectivity index (χ2v) is 22.1. The zero-order chi connectivity index (χ0) is 52.2. The number of esters is 1. The molecule has 72 heavy (non-hydrogen) atoms. The van der Waals surface area contributed by atoms with Crippen LogP contribution in [0, 0.1) is 0 Å². The van der Waals surface area contributed by atoms with Crippen LogP contribution in [0.5, 0.6) is 0 Å². The highest BCUT2D eigenvalue weighted by Gasteiger charge is 2.20. The van der Waals surface area contributed by atoms with Gasteiger partial charge >= 0.3 is 5.97 Å². The van der Waals surface area contributed by atoms with Gasteiger partial charge in [0.05, 0.1) is 25.4 Å². The first kappa shape index (κ1) is 70.1. The third-order valence-corrected chi connectivity index (χ3v) is 14.9. The molecule has 0 bridgehead atoms. The van der Waals surface area contributed by atoms with Crippen LogP contribution in [0.25, 0.3) is 0 Å². The van der Waals surface area contributed by atoms with Gasteiger partial charge < -0.3 is 20.3 Å². The Labute approximate surface area is 449 Å². The highest BCUT2D eigenvalue weighted by atomic mass is 16.5. The summed E-state index contributed by atoms with van der Waals surface area (Å²) in [5.74, 6) is -0.0390. The Balaban J connectivity index is 3.41. The minimum Gasteiger partial charge on any atom is -0.466 e. The molecule has 0 aliphatic carbocycles. The number of hydrogen-bond donors (Lipinski definition) is 3. The SMILES string of the molecule is CCCCC/C=C\C/C=C\CCCCCCCC(=O)OCCCCCCCCCCCCCC/C=C\CCCCCCCCCCC(=O)NC(CO)C(O)CCCCCCCCCCCCCCCCCC. The number of carbonyl (C=O) groups excluding carboxylic acids is 2. The van der Waals surface area contributed by atoms with Crippen LogP contribution in [-0.4, -0.2) is 47.4 Å². The molecule has 3 N–H and O–H groups in total. The van der Waals surface area contributed by atoms with Gasteiger partial charge in [-0.25, -0.2) is 0 Å². The van der Waals surface area contributed by atoms with Gasteiger partial charge in [0.2, 0.25) is 5.91 Å². The molecule has 0 radical (unpaired) electrons. The van der Waals surface area contributed by atoms with Crippen molar-refractivity contribution in [3.8, 4) is 0 Å². The molecule has 2 atom stereocenters. The van der Waals surface area contributed by atoms with Crippen LogP contribution in [0.4, 0.5) is 0 Å². The molecule has 6 heteroatoms. The molecule has 0 aromatic carbocycles. The molecular formula is C66H125NO5. The Bertz CT molecular complexity index is 1170. The molecule has 0 spiro atoms. The Morgan fingerprint density at radius 3 is 1.10 bits per heavy atom. The molecule has 0 heterocycles. The number of aliphatic hydroxyl groups excluding tert-OH is 2. The lowest BCUT2D eigenvalue weighted by atomic mass is 10.0. The molecular weight excluding hydrogens is 887 g/mol. The number of nitrogens with one attached hydrogen (secondary N) is 1. The fourth-order valence-corrected chi connectivity index (χ4v) is 9.96. The summed E-state index contributed by atoms with van der Waals surface area (Å²) < 4.78 is 5.48. The summed E-state index contributed by atoms with van der Waals surface area (Å²) in [5.41, 5.74) is 0. The van der Waals surface area contributed by atoms with Gasteiger partial charge in [-0.2, -0.15) is 0 Å². The van der Waals surface area contributed by atoms with Crippen LogP contribution in [-0.2, 0) is 14.3 Å². The molecule has 0 saturated heterocycles. The smallest absolute Gasteiger partial charge is 0.305 e. The Morgan fingerprint density at radius 2 is 0.694 bits per heavy atom. The largest absolute Gasteiger partial charge is 0.466 e. The lowest BCUT2D eigenvalue weighted by Gasteiger charge is -2.22. The normalized spacial score (nSPS) is 12.8. The van der Waals surface area contributed by atoms with E-state index in [1.54, 1.807) is 0 Å². The maximum absolute atomic E-state index is 12.5. The lowest BCUT2D eigenvalue weighted by Crippen LogP contribution is -2.45. The number of aliphatic hydroxyl groups is 2. The monoisotopic (exact) mass is 1010 g/mol. The summed E-state index contributed by atoms with van der Waals surface area (Å²) in [6, 6.07) is -0.545. The van der Waals surface area contributed by atoms with Crippen LogP contribution < -0.4 is 5.32 Å². The fraction of sp³-hybridized carbons (Fsp3) is 0.879. The van der Waals surface area contributed by atoms with Gasteiger partial charge in [-0.15, -0.1) is 0 Å². The van der Waals surface area contributed by atoms with Crippen molar-refractivity contribution >= 4 is 11.9 Å². The van der Waals surface area contributed by atoms with E-state index in [4.69, 9.17) is 4.74 Å². The van der Waals surface area contributed by atoms with E-state index in [1.807, 2.05) is 0 Å². The number of carbonyl (C=O) groups is 2. The van der Waals surface area contributed by atoms with Gasteiger partial charge in [0.15, 0.2) is 0 Å². The summed E-state index contributed by atoms with van der Waals surface area (Å²) >= 11 is 0. The molecule has 1 amide bonds. The molecule has 6 nitrogen and oxygen atoms in total. The molecule has 0 aromatic heterocycles. The van der Waals surface area contributed by atoms with Crippen molar-refractivity contribution in [2.75, 3.05) is 13.2 Å². The highest BCUT2D eigenvalue weighted by Crippen LogP contribution is 2.18. The first-order valence-corrected chi connectivity index (χ1v) is 32.2. The predicted octanol–water partition coefficient (Wildman–Crippen LogP) is 20.4. The number of rotatable bonds is 60. The van der Waals surface area contributed by atoms with Crippen LogP contribution in [0.1, 0.15) is 348 Å².